The van der Waals surface area contributed by atoms with Gasteiger partial charge in [-0.25, -0.2) is 17.9 Å². The largest absolute Gasteiger partial charge is 0.478 e. The second kappa shape index (κ2) is 8.79. The van der Waals surface area contributed by atoms with E-state index in [0.29, 0.717) is 18.8 Å². The minimum Gasteiger partial charge on any atom is -0.478 e. The van der Waals surface area contributed by atoms with E-state index >= 15 is 0 Å². The maximum Gasteiger partial charge on any atom is 0.335 e. The van der Waals surface area contributed by atoms with E-state index in [4.69, 9.17) is 4.74 Å². The lowest BCUT2D eigenvalue weighted by molar-refractivity contribution is 0.0696. The molecule has 0 bridgehead atoms. The Balaban J connectivity index is 2.35. The predicted octanol–water partition coefficient (Wildman–Crippen LogP) is 2.48. The zero-order chi connectivity index (χ0) is 19.2. The van der Waals surface area contributed by atoms with Crippen LogP contribution >= 0.6 is 0 Å². The lowest BCUT2D eigenvalue weighted by atomic mass is 10.1. The average Bonchev–Trinajstić information content (AvgIpc) is 2.62. The van der Waals surface area contributed by atoms with Crippen molar-refractivity contribution in [3.05, 3.63) is 59.7 Å². The molecule has 7 nitrogen and oxygen atoms in total. The number of methoxy groups -OCH3 is 1. The Hall–Kier alpha value is -2.42. The fourth-order valence-corrected chi connectivity index (χ4v) is 3.86. The molecule has 0 aliphatic rings. The first-order valence-electron chi connectivity index (χ1n) is 8.02. The Bertz CT molecular complexity index is 853. The van der Waals surface area contributed by atoms with Crippen molar-refractivity contribution in [2.24, 2.45) is 0 Å². The second-order valence-electron chi connectivity index (χ2n) is 5.69. The van der Waals surface area contributed by atoms with Gasteiger partial charge in [0.25, 0.3) is 0 Å². The predicted molar refractivity (Wildman–Crippen MR) is 98.9 cm³/mol. The molecule has 0 saturated heterocycles. The van der Waals surface area contributed by atoms with Crippen molar-refractivity contribution in [1.82, 2.24) is 4.72 Å². The van der Waals surface area contributed by atoms with E-state index in [2.05, 4.69) is 10.0 Å². The van der Waals surface area contributed by atoms with Gasteiger partial charge in [-0.15, -0.1) is 0 Å². The minimum atomic E-state index is -3.95. The van der Waals surface area contributed by atoms with Crippen molar-refractivity contribution < 1.29 is 23.1 Å². The molecule has 140 valence electrons. The number of carbonyl (C=O) groups is 1. The summed E-state index contributed by atoms with van der Waals surface area (Å²) in [5.41, 5.74) is 1.02. The number of sulfonamides is 1. The van der Waals surface area contributed by atoms with Crippen LogP contribution in [0.5, 0.6) is 0 Å². The third-order valence-electron chi connectivity index (χ3n) is 3.77. The number of aromatic carboxylic acids is 1. The van der Waals surface area contributed by atoms with Crippen LogP contribution in [0.2, 0.25) is 0 Å². The molecule has 2 aromatic carbocycles. The molecule has 8 heteroatoms. The Morgan fingerprint density at radius 1 is 1.19 bits per heavy atom. The van der Waals surface area contributed by atoms with Gasteiger partial charge in [0.1, 0.15) is 4.90 Å². The molecule has 0 amide bonds. The maximum absolute atomic E-state index is 12.9. The molecule has 0 heterocycles. The number of hydrogen-bond donors (Lipinski definition) is 3. The summed E-state index contributed by atoms with van der Waals surface area (Å²) in [6, 6.07) is 12.6. The first kappa shape index (κ1) is 19.9. The topological polar surface area (TPSA) is 105 Å². The van der Waals surface area contributed by atoms with E-state index < -0.39 is 22.0 Å². The average molecular weight is 378 g/mol. The molecule has 0 saturated carbocycles. The first-order chi connectivity index (χ1) is 12.3. The zero-order valence-electron chi connectivity index (χ0n) is 14.6. The summed E-state index contributed by atoms with van der Waals surface area (Å²) in [7, 11) is -2.41. The highest BCUT2D eigenvalue weighted by Gasteiger charge is 2.23. The van der Waals surface area contributed by atoms with Gasteiger partial charge in [-0.2, -0.15) is 0 Å². The van der Waals surface area contributed by atoms with Crippen LogP contribution in [0.1, 0.15) is 28.9 Å². The van der Waals surface area contributed by atoms with E-state index in [0.717, 1.165) is 11.6 Å². The highest BCUT2D eigenvalue weighted by Crippen LogP contribution is 2.25. The van der Waals surface area contributed by atoms with Crippen LogP contribution in [0, 0.1) is 0 Å². The van der Waals surface area contributed by atoms with Crippen molar-refractivity contribution in [2.75, 3.05) is 25.6 Å². The normalized spacial score (nSPS) is 12.5. The molecule has 0 fully saturated rings. The summed E-state index contributed by atoms with van der Waals surface area (Å²) in [6.07, 6.45) is 0. The van der Waals surface area contributed by atoms with E-state index in [1.807, 2.05) is 30.3 Å². The molecular weight excluding hydrogens is 356 g/mol. The molecule has 2 rings (SSSR count). The first-order valence-corrected chi connectivity index (χ1v) is 9.51. The SMILES string of the molecule is COCCNc1ccc(C(=O)O)cc1S(=O)(=O)N[C@H](C)c1ccccc1. The number of carboxylic acid groups (broad SMARTS) is 1. The number of carboxylic acids is 1. The summed E-state index contributed by atoms with van der Waals surface area (Å²) < 4.78 is 33.3. The molecule has 0 radical (unpaired) electrons. The molecule has 26 heavy (non-hydrogen) atoms. The van der Waals surface area contributed by atoms with Crippen molar-refractivity contribution in [3.63, 3.8) is 0 Å². The molecule has 0 unspecified atom stereocenters. The number of ether oxygens (including phenoxy) is 1. The summed E-state index contributed by atoms with van der Waals surface area (Å²) in [4.78, 5) is 11.1. The van der Waals surface area contributed by atoms with Gasteiger partial charge in [0, 0.05) is 19.7 Å². The number of anilines is 1. The van der Waals surface area contributed by atoms with Crippen LogP contribution < -0.4 is 10.0 Å². The highest BCUT2D eigenvalue weighted by molar-refractivity contribution is 7.89. The van der Waals surface area contributed by atoms with Crippen molar-refractivity contribution in [3.8, 4) is 0 Å². The Morgan fingerprint density at radius 2 is 1.88 bits per heavy atom. The summed E-state index contributed by atoms with van der Waals surface area (Å²) in [5.74, 6) is -1.19. The maximum atomic E-state index is 12.9. The van der Waals surface area contributed by atoms with Gasteiger partial charge in [-0.05, 0) is 30.7 Å². The fourth-order valence-electron chi connectivity index (χ4n) is 2.42. The van der Waals surface area contributed by atoms with Crippen molar-refractivity contribution >= 4 is 21.7 Å². The zero-order valence-corrected chi connectivity index (χ0v) is 15.4. The Labute approximate surface area is 153 Å². The van der Waals surface area contributed by atoms with Crippen molar-refractivity contribution in [2.45, 2.75) is 17.9 Å². The quantitative estimate of drug-likeness (QED) is 0.579. The standard InChI is InChI=1S/C18H22N2O5S/c1-13(14-6-4-3-5-7-14)20-26(23,24)17-12-15(18(21)22)8-9-16(17)19-10-11-25-2/h3-9,12-13,19-20H,10-11H2,1-2H3,(H,21,22)/t13-/m1/s1. The van der Waals surface area contributed by atoms with Gasteiger partial charge in [-0.3, -0.25) is 0 Å². The fraction of sp³-hybridized carbons (Fsp3) is 0.278. The molecule has 0 spiro atoms. The van der Waals surface area contributed by atoms with Crippen LogP contribution in [-0.2, 0) is 14.8 Å². The number of nitrogens with one attached hydrogen (secondary N) is 2. The Morgan fingerprint density at radius 3 is 2.50 bits per heavy atom. The van der Waals surface area contributed by atoms with Crippen LogP contribution in [0.15, 0.2) is 53.4 Å². The van der Waals surface area contributed by atoms with E-state index in [-0.39, 0.29) is 10.5 Å². The van der Waals surface area contributed by atoms with Crippen LogP contribution in [0.25, 0.3) is 0 Å². The molecule has 2 aromatic rings. The Kier molecular flexibility index (Phi) is 6.73. The summed E-state index contributed by atoms with van der Waals surface area (Å²) in [5, 5.41) is 12.1. The van der Waals surface area contributed by atoms with Crippen LogP contribution in [0.3, 0.4) is 0 Å². The molecule has 1 atom stereocenters. The van der Waals surface area contributed by atoms with Crippen molar-refractivity contribution in [1.29, 1.82) is 0 Å². The van der Waals surface area contributed by atoms with Gasteiger partial charge >= 0.3 is 5.97 Å². The third-order valence-corrected chi connectivity index (χ3v) is 5.35. The van der Waals surface area contributed by atoms with Gasteiger partial charge in [0.15, 0.2) is 0 Å². The summed E-state index contributed by atoms with van der Waals surface area (Å²) >= 11 is 0. The second-order valence-corrected chi connectivity index (χ2v) is 7.37. The highest BCUT2D eigenvalue weighted by atomic mass is 32.2. The summed E-state index contributed by atoms with van der Waals surface area (Å²) in [6.45, 7) is 2.50. The van der Waals surface area contributed by atoms with Crippen LogP contribution in [-0.4, -0.2) is 39.8 Å². The van der Waals surface area contributed by atoms with Gasteiger partial charge in [-0.1, -0.05) is 30.3 Å². The van der Waals surface area contributed by atoms with E-state index in [9.17, 15) is 18.3 Å². The number of hydrogen-bond acceptors (Lipinski definition) is 5. The van der Waals surface area contributed by atoms with Gasteiger partial charge < -0.3 is 15.2 Å². The molecular formula is C18H22N2O5S. The lowest BCUT2D eigenvalue weighted by Gasteiger charge is -2.18. The smallest absolute Gasteiger partial charge is 0.335 e. The molecule has 3 N–H and O–H groups in total. The van der Waals surface area contributed by atoms with Gasteiger partial charge in [0.2, 0.25) is 10.0 Å². The monoisotopic (exact) mass is 378 g/mol. The lowest BCUT2D eigenvalue weighted by Crippen LogP contribution is -2.28. The number of rotatable bonds is 9. The van der Waals surface area contributed by atoms with E-state index in [1.54, 1.807) is 6.92 Å². The molecule has 0 aliphatic carbocycles. The third kappa shape index (κ3) is 5.04. The number of benzene rings is 2. The van der Waals surface area contributed by atoms with Crippen LogP contribution in [0.4, 0.5) is 5.69 Å². The van der Waals surface area contributed by atoms with E-state index in [1.165, 1.54) is 19.2 Å². The van der Waals surface area contributed by atoms with Gasteiger partial charge in [0.05, 0.1) is 17.9 Å². The minimum absolute atomic E-state index is 0.102. The molecule has 0 aliphatic heterocycles. The molecule has 0 aromatic heterocycles.